The van der Waals surface area contributed by atoms with Crippen molar-refractivity contribution in [2.24, 2.45) is 5.41 Å². The molecule has 0 aromatic heterocycles. The third-order valence-electron chi connectivity index (χ3n) is 4.65. The zero-order valence-electron chi connectivity index (χ0n) is 15.4. The molecule has 4 heteroatoms. The maximum Gasteiger partial charge on any atom is 0.231 e. The SMILES string of the molecule is CCc1cccc(NC(=O)C2(CC(=O)NC(C)(C)C)CCCC2)c1. The number of nitrogens with one attached hydrogen (secondary N) is 2. The Balaban J connectivity index is 2.11. The van der Waals surface area contributed by atoms with E-state index in [1.54, 1.807) is 0 Å². The minimum atomic E-state index is -0.572. The zero-order chi connectivity index (χ0) is 17.8. The highest BCUT2D eigenvalue weighted by molar-refractivity contribution is 5.98. The smallest absolute Gasteiger partial charge is 0.231 e. The van der Waals surface area contributed by atoms with Gasteiger partial charge in [-0.05, 0) is 57.7 Å². The summed E-state index contributed by atoms with van der Waals surface area (Å²) >= 11 is 0. The van der Waals surface area contributed by atoms with Gasteiger partial charge < -0.3 is 10.6 Å². The molecule has 24 heavy (non-hydrogen) atoms. The van der Waals surface area contributed by atoms with Gasteiger partial charge in [0, 0.05) is 17.6 Å². The average Bonchev–Trinajstić information content (AvgIpc) is 2.95. The predicted molar refractivity (Wildman–Crippen MR) is 97.9 cm³/mol. The topological polar surface area (TPSA) is 58.2 Å². The number of anilines is 1. The average molecular weight is 330 g/mol. The van der Waals surface area contributed by atoms with Gasteiger partial charge in [-0.2, -0.15) is 0 Å². The Morgan fingerprint density at radius 1 is 1.17 bits per heavy atom. The van der Waals surface area contributed by atoms with E-state index in [0.717, 1.165) is 37.8 Å². The molecular weight excluding hydrogens is 300 g/mol. The fraction of sp³-hybridized carbons (Fsp3) is 0.600. The number of carbonyl (C=O) groups is 2. The van der Waals surface area contributed by atoms with Crippen molar-refractivity contribution in [3.05, 3.63) is 29.8 Å². The largest absolute Gasteiger partial charge is 0.351 e. The standard InChI is InChI=1S/C20H30N2O2/c1-5-15-9-8-10-16(13-15)21-18(24)20(11-6-7-12-20)14-17(23)22-19(2,3)4/h8-10,13H,5-7,11-12,14H2,1-4H3,(H,21,24)(H,22,23). The number of hydrogen-bond donors (Lipinski definition) is 2. The normalized spacial score (nSPS) is 16.7. The minimum absolute atomic E-state index is 0.0164. The monoisotopic (exact) mass is 330 g/mol. The first-order chi connectivity index (χ1) is 11.2. The van der Waals surface area contributed by atoms with Crippen LogP contribution in [0, 0.1) is 5.41 Å². The van der Waals surface area contributed by atoms with E-state index in [0.29, 0.717) is 0 Å². The molecule has 132 valence electrons. The van der Waals surface area contributed by atoms with Gasteiger partial charge in [-0.15, -0.1) is 0 Å². The summed E-state index contributed by atoms with van der Waals surface area (Å²) in [4.78, 5) is 25.3. The van der Waals surface area contributed by atoms with Crippen molar-refractivity contribution >= 4 is 17.5 Å². The lowest BCUT2D eigenvalue weighted by atomic mass is 9.81. The van der Waals surface area contributed by atoms with E-state index < -0.39 is 5.41 Å². The van der Waals surface area contributed by atoms with Gasteiger partial charge in [0.05, 0.1) is 5.41 Å². The highest BCUT2D eigenvalue weighted by atomic mass is 16.2. The fourth-order valence-electron chi connectivity index (χ4n) is 3.44. The van der Waals surface area contributed by atoms with Crippen LogP contribution in [-0.4, -0.2) is 17.4 Å². The zero-order valence-corrected chi connectivity index (χ0v) is 15.4. The van der Waals surface area contributed by atoms with Crippen LogP contribution in [-0.2, 0) is 16.0 Å². The lowest BCUT2D eigenvalue weighted by Crippen LogP contribution is -2.45. The molecule has 1 aromatic carbocycles. The van der Waals surface area contributed by atoms with Crippen molar-refractivity contribution in [3.8, 4) is 0 Å². The van der Waals surface area contributed by atoms with Crippen LogP contribution in [0.4, 0.5) is 5.69 Å². The molecule has 2 amide bonds. The van der Waals surface area contributed by atoms with E-state index in [9.17, 15) is 9.59 Å². The number of aryl methyl sites for hydroxylation is 1. The Bertz CT molecular complexity index is 596. The maximum atomic E-state index is 12.9. The molecule has 1 aliphatic carbocycles. The second kappa shape index (κ2) is 7.37. The van der Waals surface area contributed by atoms with Gasteiger partial charge >= 0.3 is 0 Å². The summed E-state index contributed by atoms with van der Waals surface area (Å²) in [6.07, 6.45) is 4.77. The maximum absolute atomic E-state index is 12.9. The lowest BCUT2D eigenvalue weighted by Gasteiger charge is -2.29. The van der Waals surface area contributed by atoms with Gasteiger partial charge in [-0.25, -0.2) is 0 Å². The van der Waals surface area contributed by atoms with Gasteiger partial charge in [-0.3, -0.25) is 9.59 Å². The van der Waals surface area contributed by atoms with Gasteiger partial charge in [0.15, 0.2) is 0 Å². The van der Waals surface area contributed by atoms with E-state index >= 15 is 0 Å². The first-order valence-corrected chi connectivity index (χ1v) is 8.95. The second-order valence-electron chi connectivity index (χ2n) is 7.97. The van der Waals surface area contributed by atoms with E-state index in [1.165, 1.54) is 5.56 Å². The fourth-order valence-corrected chi connectivity index (χ4v) is 3.44. The highest BCUT2D eigenvalue weighted by Crippen LogP contribution is 2.42. The Kier molecular flexibility index (Phi) is 5.68. The molecule has 0 bridgehead atoms. The second-order valence-corrected chi connectivity index (χ2v) is 7.97. The van der Waals surface area contributed by atoms with Crippen molar-refractivity contribution in [2.45, 2.75) is 71.8 Å². The predicted octanol–water partition coefficient (Wildman–Crippen LogP) is 4.05. The van der Waals surface area contributed by atoms with Crippen molar-refractivity contribution in [1.82, 2.24) is 5.32 Å². The summed E-state index contributed by atoms with van der Waals surface area (Å²) in [7, 11) is 0. The summed E-state index contributed by atoms with van der Waals surface area (Å²) in [5, 5.41) is 6.04. The number of amides is 2. The van der Waals surface area contributed by atoms with Crippen LogP contribution in [0.15, 0.2) is 24.3 Å². The molecule has 0 radical (unpaired) electrons. The molecule has 1 aliphatic rings. The number of hydrogen-bond acceptors (Lipinski definition) is 2. The summed E-state index contributed by atoms with van der Waals surface area (Å²) in [6.45, 7) is 7.98. The van der Waals surface area contributed by atoms with Crippen LogP contribution in [0.5, 0.6) is 0 Å². The minimum Gasteiger partial charge on any atom is -0.351 e. The molecule has 1 aromatic rings. The van der Waals surface area contributed by atoms with Crippen LogP contribution < -0.4 is 10.6 Å². The molecule has 0 spiro atoms. The molecule has 1 saturated carbocycles. The number of benzene rings is 1. The van der Waals surface area contributed by atoms with Crippen molar-refractivity contribution in [2.75, 3.05) is 5.32 Å². The van der Waals surface area contributed by atoms with E-state index in [-0.39, 0.29) is 23.8 Å². The molecule has 2 N–H and O–H groups in total. The number of rotatable bonds is 5. The van der Waals surface area contributed by atoms with Crippen LogP contribution in [0.2, 0.25) is 0 Å². The molecular formula is C20H30N2O2. The van der Waals surface area contributed by atoms with E-state index in [1.807, 2.05) is 39.0 Å². The quantitative estimate of drug-likeness (QED) is 0.855. The first kappa shape index (κ1) is 18.5. The summed E-state index contributed by atoms with van der Waals surface area (Å²) in [5.74, 6) is -0.0563. The Morgan fingerprint density at radius 3 is 2.42 bits per heavy atom. The molecule has 0 unspecified atom stereocenters. The molecule has 4 nitrogen and oxygen atoms in total. The summed E-state index contributed by atoms with van der Waals surface area (Å²) < 4.78 is 0. The van der Waals surface area contributed by atoms with Crippen molar-refractivity contribution < 1.29 is 9.59 Å². The van der Waals surface area contributed by atoms with Gasteiger partial charge in [0.1, 0.15) is 0 Å². The van der Waals surface area contributed by atoms with Crippen molar-refractivity contribution in [3.63, 3.8) is 0 Å². The Morgan fingerprint density at radius 2 is 1.83 bits per heavy atom. The van der Waals surface area contributed by atoms with Crippen LogP contribution in [0.3, 0.4) is 0 Å². The molecule has 0 saturated heterocycles. The third-order valence-corrected chi connectivity index (χ3v) is 4.65. The van der Waals surface area contributed by atoms with E-state index in [4.69, 9.17) is 0 Å². The first-order valence-electron chi connectivity index (χ1n) is 8.95. The van der Waals surface area contributed by atoms with Crippen LogP contribution >= 0.6 is 0 Å². The third kappa shape index (κ3) is 4.83. The number of carbonyl (C=O) groups excluding carboxylic acids is 2. The molecule has 1 fully saturated rings. The molecule has 0 heterocycles. The lowest BCUT2D eigenvalue weighted by molar-refractivity contribution is -0.133. The van der Waals surface area contributed by atoms with Crippen LogP contribution in [0.25, 0.3) is 0 Å². The molecule has 0 atom stereocenters. The molecule has 2 rings (SSSR count). The van der Waals surface area contributed by atoms with E-state index in [2.05, 4.69) is 23.6 Å². The van der Waals surface area contributed by atoms with Gasteiger partial charge in [0.2, 0.25) is 11.8 Å². The van der Waals surface area contributed by atoms with Gasteiger partial charge in [-0.1, -0.05) is 31.9 Å². The van der Waals surface area contributed by atoms with Crippen LogP contribution in [0.1, 0.15) is 65.4 Å². The van der Waals surface area contributed by atoms with Crippen molar-refractivity contribution in [1.29, 1.82) is 0 Å². The molecule has 0 aliphatic heterocycles. The van der Waals surface area contributed by atoms with Gasteiger partial charge in [0.25, 0.3) is 0 Å². The summed E-state index contributed by atoms with van der Waals surface area (Å²) in [5.41, 5.74) is 1.17. The highest BCUT2D eigenvalue weighted by Gasteiger charge is 2.43. The summed E-state index contributed by atoms with van der Waals surface area (Å²) in [6, 6.07) is 7.94. The Labute approximate surface area is 145 Å². The Hall–Kier alpha value is -1.84.